The zero-order valence-electron chi connectivity index (χ0n) is 18.6. The van der Waals surface area contributed by atoms with E-state index in [9.17, 15) is 9.18 Å². The molecule has 0 saturated carbocycles. The number of hydrogen-bond acceptors (Lipinski definition) is 4. The van der Waals surface area contributed by atoms with E-state index >= 15 is 0 Å². The third-order valence-electron chi connectivity index (χ3n) is 5.22. The smallest absolute Gasteiger partial charge is 0.281 e. The maximum absolute atomic E-state index is 13.5. The Labute approximate surface area is 211 Å². The second-order valence-electron chi connectivity index (χ2n) is 7.54. The minimum absolute atomic E-state index is 0.191. The Hall–Kier alpha value is -3.23. The number of nitrogens with zero attached hydrogens (tertiary/aromatic N) is 2. The van der Waals surface area contributed by atoms with Crippen LogP contribution in [0.2, 0.25) is 0 Å². The third-order valence-corrected chi connectivity index (χ3v) is 6.16. The molecule has 8 heteroatoms. The van der Waals surface area contributed by atoms with Gasteiger partial charge in [-0.05, 0) is 85.4 Å². The van der Waals surface area contributed by atoms with E-state index in [4.69, 9.17) is 21.7 Å². The number of amides is 1. The number of anilines is 1. The Bertz CT molecular complexity index is 1260. The Morgan fingerprint density at radius 2 is 1.82 bits per heavy atom. The fourth-order valence-corrected chi connectivity index (χ4v) is 4.21. The summed E-state index contributed by atoms with van der Waals surface area (Å²) in [6.07, 6.45) is 1.74. The zero-order valence-corrected chi connectivity index (χ0v) is 21.0. The fourth-order valence-electron chi connectivity index (χ4n) is 3.54. The molecule has 174 valence electrons. The summed E-state index contributed by atoms with van der Waals surface area (Å²) in [6, 6.07) is 19.0. The van der Waals surface area contributed by atoms with Crippen molar-refractivity contribution in [2.75, 3.05) is 18.6 Å². The van der Waals surface area contributed by atoms with Crippen molar-refractivity contribution in [3.8, 4) is 11.5 Å². The highest BCUT2D eigenvalue weighted by Crippen LogP contribution is 2.32. The van der Waals surface area contributed by atoms with Gasteiger partial charge in [0.05, 0.1) is 12.3 Å². The predicted molar refractivity (Wildman–Crippen MR) is 138 cm³/mol. The number of likely N-dealkylation sites (N-methyl/N-ethyl adjacent to an activating group) is 1. The molecule has 0 unspecified atom stereocenters. The SMILES string of the molecule is CCOc1ccc(N2C(=O)/C(=C/c3cc(Br)ccc3OCc3cccc(F)c3)N(C)C2=S)cc1. The number of carbonyl (C=O) groups is 1. The molecule has 0 N–H and O–H groups in total. The number of carbonyl (C=O) groups excluding carboxylic acids is 1. The minimum Gasteiger partial charge on any atom is -0.494 e. The summed E-state index contributed by atoms with van der Waals surface area (Å²) in [5, 5.41) is 0.373. The molecule has 5 nitrogen and oxygen atoms in total. The number of rotatable bonds is 7. The molecule has 3 aromatic carbocycles. The maximum Gasteiger partial charge on any atom is 0.281 e. The van der Waals surface area contributed by atoms with Gasteiger partial charge in [0.1, 0.15) is 29.6 Å². The van der Waals surface area contributed by atoms with Crippen molar-refractivity contribution >= 4 is 50.9 Å². The first-order chi connectivity index (χ1) is 16.4. The normalized spacial score (nSPS) is 14.8. The summed E-state index contributed by atoms with van der Waals surface area (Å²) < 4.78 is 25.8. The highest BCUT2D eigenvalue weighted by Gasteiger charge is 2.37. The van der Waals surface area contributed by atoms with Crippen molar-refractivity contribution in [1.82, 2.24) is 4.90 Å². The van der Waals surface area contributed by atoms with Crippen LogP contribution in [0.4, 0.5) is 10.1 Å². The van der Waals surface area contributed by atoms with Crippen LogP contribution in [-0.2, 0) is 11.4 Å². The average molecular weight is 541 g/mol. The van der Waals surface area contributed by atoms with E-state index in [1.165, 1.54) is 17.0 Å². The molecule has 1 aliphatic heterocycles. The quantitative estimate of drug-likeness (QED) is 0.265. The highest BCUT2D eigenvalue weighted by molar-refractivity contribution is 9.10. The van der Waals surface area contributed by atoms with Gasteiger partial charge in [-0.3, -0.25) is 9.69 Å². The lowest BCUT2D eigenvalue weighted by Gasteiger charge is -2.16. The third kappa shape index (κ3) is 5.13. The zero-order chi connectivity index (χ0) is 24.2. The van der Waals surface area contributed by atoms with Crippen molar-refractivity contribution in [3.05, 3.63) is 93.8 Å². The van der Waals surface area contributed by atoms with Crippen molar-refractivity contribution in [2.24, 2.45) is 0 Å². The summed E-state index contributed by atoms with van der Waals surface area (Å²) >= 11 is 9.05. The largest absolute Gasteiger partial charge is 0.494 e. The summed E-state index contributed by atoms with van der Waals surface area (Å²) in [4.78, 5) is 16.5. The molecule has 1 aliphatic rings. The molecular formula is C26H22BrFN2O3S. The first-order valence-corrected chi connectivity index (χ1v) is 11.8. The van der Waals surface area contributed by atoms with Crippen LogP contribution in [0.1, 0.15) is 18.1 Å². The van der Waals surface area contributed by atoms with Crippen LogP contribution in [-0.4, -0.2) is 29.6 Å². The van der Waals surface area contributed by atoms with Crippen molar-refractivity contribution < 1.29 is 18.7 Å². The predicted octanol–water partition coefficient (Wildman–Crippen LogP) is 6.17. The molecule has 1 amide bonds. The lowest BCUT2D eigenvalue weighted by molar-refractivity contribution is -0.114. The molecule has 0 atom stereocenters. The van der Waals surface area contributed by atoms with Crippen LogP contribution in [0.15, 0.2) is 76.9 Å². The minimum atomic E-state index is -0.319. The molecule has 4 rings (SSSR count). The molecular weight excluding hydrogens is 519 g/mol. The summed E-state index contributed by atoms with van der Waals surface area (Å²) in [5.41, 5.74) is 2.47. The van der Waals surface area contributed by atoms with Crippen LogP contribution in [0.5, 0.6) is 11.5 Å². The lowest BCUT2D eigenvalue weighted by atomic mass is 10.1. The van der Waals surface area contributed by atoms with E-state index in [2.05, 4.69) is 15.9 Å². The van der Waals surface area contributed by atoms with Crippen molar-refractivity contribution in [3.63, 3.8) is 0 Å². The van der Waals surface area contributed by atoms with E-state index in [-0.39, 0.29) is 18.3 Å². The molecule has 34 heavy (non-hydrogen) atoms. The van der Waals surface area contributed by atoms with Gasteiger partial charge in [0.25, 0.3) is 5.91 Å². The Morgan fingerprint density at radius 3 is 2.53 bits per heavy atom. The maximum atomic E-state index is 13.5. The monoisotopic (exact) mass is 540 g/mol. The van der Waals surface area contributed by atoms with E-state index in [1.807, 2.05) is 31.2 Å². The van der Waals surface area contributed by atoms with E-state index in [0.29, 0.717) is 40.0 Å². The van der Waals surface area contributed by atoms with Gasteiger partial charge in [-0.1, -0.05) is 28.1 Å². The number of halogens is 2. The number of benzene rings is 3. The Balaban J connectivity index is 1.62. The average Bonchev–Trinajstić information content (AvgIpc) is 3.02. The molecule has 3 aromatic rings. The van der Waals surface area contributed by atoms with Crippen LogP contribution in [0, 0.1) is 5.82 Å². The summed E-state index contributed by atoms with van der Waals surface area (Å²) in [5.74, 6) is 0.724. The van der Waals surface area contributed by atoms with Gasteiger partial charge in [0.2, 0.25) is 0 Å². The van der Waals surface area contributed by atoms with Crippen molar-refractivity contribution in [2.45, 2.75) is 13.5 Å². The van der Waals surface area contributed by atoms with Gasteiger partial charge in [-0.15, -0.1) is 0 Å². The first-order valence-electron chi connectivity index (χ1n) is 10.6. The van der Waals surface area contributed by atoms with Crippen LogP contribution in [0.3, 0.4) is 0 Å². The van der Waals surface area contributed by atoms with Gasteiger partial charge >= 0.3 is 0 Å². The van der Waals surface area contributed by atoms with Crippen LogP contribution >= 0.6 is 28.1 Å². The molecule has 0 bridgehead atoms. The number of hydrogen-bond donors (Lipinski definition) is 0. The second kappa shape index (κ2) is 10.4. The molecule has 0 aromatic heterocycles. The first kappa shape index (κ1) is 23.9. The van der Waals surface area contributed by atoms with Crippen LogP contribution < -0.4 is 14.4 Å². The molecule has 0 aliphatic carbocycles. The van der Waals surface area contributed by atoms with E-state index < -0.39 is 0 Å². The topological polar surface area (TPSA) is 42.0 Å². The van der Waals surface area contributed by atoms with Gasteiger partial charge in [-0.2, -0.15) is 0 Å². The van der Waals surface area contributed by atoms with Gasteiger partial charge in [0.15, 0.2) is 5.11 Å². The Kier molecular flexibility index (Phi) is 7.29. The molecule has 1 saturated heterocycles. The highest BCUT2D eigenvalue weighted by atomic mass is 79.9. The fraction of sp³-hybridized carbons (Fsp3) is 0.154. The standard InChI is InChI=1S/C26H22BrFN2O3S/c1-3-32-22-10-8-21(9-11-22)30-25(31)23(29(2)26(30)34)15-18-14-19(27)7-12-24(18)33-16-17-5-4-6-20(28)13-17/h4-15H,3,16H2,1-2H3/b23-15-. The van der Waals surface area contributed by atoms with Gasteiger partial charge in [0, 0.05) is 17.1 Å². The molecule has 0 spiro atoms. The van der Waals surface area contributed by atoms with Gasteiger partial charge < -0.3 is 14.4 Å². The van der Waals surface area contributed by atoms with Crippen molar-refractivity contribution in [1.29, 1.82) is 0 Å². The summed E-state index contributed by atoms with van der Waals surface area (Å²) in [6.45, 7) is 2.67. The number of thiocarbonyl (C=S) groups is 1. The van der Waals surface area contributed by atoms with E-state index in [0.717, 1.165) is 10.2 Å². The summed E-state index contributed by atoms with van der Waals surface area (Å²) in [7, 11) is 1.76. The number of ether oxygens (including phenoxy) is 2. The lowest BCUT2D eigenvalue weighted by Crippen LogP contribution is -2.31. The Morgan fingerprint density at radius 1 is 1.06 bits per heavy atom. The van der Waals surface area contributed by atoms with Crippen LogP contribution in [0.25, 0.3) is 6.08 Å². The second-order valence-corrected chi connectivity index (χ2v) is 8.82. The molecule has 0 radical (unpaired) electrons. The van der Waals surface area contributed by atoms with E-state index in [1.54, 1.807) is 48.4 Å². The molecule has 1 fully saturated rings. The van der Waals surface area contributed by atoms with Gasteiger partial charge in [-0.25, -0.2) is 4.39 Å². The molecule has 1 heterocycles.